The van der Waals surface area contributed by atoms with Crippen LogP contribution in [0.25, 0.3) is 0 Å². The average molecular weight is 232 g/mol. The number of fused-ring (bicyclic) bond motifs is 2. The van der Waals surface area contributed by atoms with E-state index in [1.165, 1.54) is 0 Å². The summed E-state index contributed by atoms with van der Waals surface area (Å²) in [6.45, 7) is 3.63. The molecule has 0 spiro atoms. The van der Waals surface area contributed by atoms with E-state index in [2.05, 4.69) is 17.3 Å². The second kappa shape index (κ2) is 3.72. The van der Waals surface area contributed by atoms with E-state index in [9.17, 15) is 4.79 Å². The smallest absolute Gasteiger partial charge is 0.260 e. The molecule has 1 amide bonds. The van der Waals surface area contributed by atoms with E-state index in [1.807, 2.05) is 11.8 Å². The third kappa shape index (κ3) is 1.51. The van der Waals surface area contributed by atoms with Crippen LogP contribution in [-0.4, -0.2) is 28.0 Å². The zero-order valence-electron chi connectivity index (χ0n) is 10.1. The van der Waals surface area contributed by atoms with Crippen LogP contribution < -0.4 is 0 Å². The first-order valence-electron chi connectivity index (χ1n) is 6.10. The van der Waals surface area contributed by atoms with Crippen molar-refractivity contribution in [1.82, 2.24) is 10.1 Å². The van der Waals surface area contributed by atoms with Crippen LogP contribution in [0.1, 0.15) is 41.1 Å². The summed E-state index contributed by atoms with van der Waals surface area (Å²) >= 11 is 0. The largest absolute Gasteiger partial charge is 0.361 e. The molecule has 0 radical (unpaired) electrons. The van der Waals surface area contributed by atoms with Gasteiger partial charge in [0.25, 0.3) is 5.91 Å². The van der Waals surface area contributed by atoms with Crippen molar-refractivity contribution in [2.24, 2.45) is 0 Å². The van der Waals surface area contributed by atoms with E-state index in [0.717, 1.165) is 19.3 Å². The normalized spacial score (nSPS) is 26.6. The summed E-state index contributed by atoms with van der Waals surface area (Å²) in [5.74, 6) is 0.708. The maximum atomic E-state index is 12.6. The fraction of sp³-hybridized carbons (Fsp3) is 0.538. The van der Waals surface area contributed by atoms with E-state index in [-0.39, 0.29) is 11.9 Å². The third-order valence-electron chi connectivity index (χ3n) is 3.79. The molecule has 17 heavy (non-hydrogen) atoms. The molecule has 2 aliphatic heterocycles. The molecule has 2 bridgehead atoms. The lowest BCUT2D eigenvalue weighted by atomic mass is 10.1. The predicted molar refractivity (Wildman–Crippen MR) is 62.7 cm³/mol. The van der Waals surface area contributed by atoms with Gasteiger partial charge in [0, 0.05) is 6.04 Å². The van der Waals surface area contributed by atoms with Crippen molar-refractivity contribution in [3.63, 3.8) is 0 Å². The molecule has 1 fully saturated rings. The van der Waals surface area contributed by atoms with Crippen molar-refractivity contribution in [1.29, 1.82) is 0 Å². The Morgan fingerprint density at radius 3 is 2.94 bits per heavy atom. The molecular formula is C13H16N2O2. The minimum atomic E-state index is 0.0816. The Kier molecular flexibility index (Phi) is 2.31. The van der Waals surface area contributed by atoms with Gasteiger partial charge in [-0.25, -0.2) is 0 Å². The van der Waals surface area contributed by atoms with Crippen molar-refractivity contribution in [3.05, 3.63) is 29.2 Å². The van der Waals surface area contributed by atoms with Gasteiger partial charge < -0.3 is 9.42 Å². The van der Waals surface area contributed by atoms with E-state index in [4.69, 9.17) is 4.52 Å². The Bertz CT molecular complexity index is 470. The molecule has 1 aromatic heterocycles. The van der Waals surface area contributed by atoms with E-state index < -0.39 is 0 Å². The maximum absolute atomic E-state index is 12.6. The van der Waals surface area contributed by atoms with Crippen molar-refractivity contribution in [2.75, 3.05) is 0 Å². The van der Waals surface area contributed by atoms with E-state index in [0.29, 0.717) is 23.1 Å². The highest BCUT2D eigenvalue weighted by atomic mass is 16.5. The van der Waals surface area contributed by atoms with Gasteiger partial charge in [-0.3, -0.25) is 4.79 Å². The second-order valence-corrected chi connectivity index (χ2v) is 4.87. The lowest BCUT2D eigenvalue weighted by Gasteiger charge is -2.31. The molecule has 2 aliphatic rings. The highest BCUT2D eigenvalue weighted by Crippen LogP contribution is 2.33. The molecule has 2 atom stereocenters. The molecule has 4 heteroatoms. The van der Waals surface area contributed by atoms with Crippen molar-refractivity contribution in [3.8, 4) is 0 Å². The van der Waals surface area contributed by atoms with Gasteiger partial charge in [0.15, 0.2) is 0 Å². The number of rotatable bonds is 1. The SMILES string of the molecule is Cc1noc(C)c1C(=O)N1C2C=CCC1CC2. The molecule has 0 saturated carbocycles. The number of hydrogen-bond acceptors (Lipinski definition) is 3. The number of amides is 1. The van der Waals surface area contributed by atoms with Gasteiger partial charge in [-0.1, -0.05) is 17.3 Å². The van der Waals surface area contributed by atoms with Crippen LogP contribution in [-0.2, 0) is 0 Å². The van der Waals surface area contributed by atoms with Crippen molar-refractivity contribution < 1.29 is 9.32 Å². The molecule has 1 saturated heterocycles. The summed E-state index contributed by atoms with van der Waals surface area (Å²) in [6.07, 6.45) is 7.51. The molecule has 0 aliphatic carbocycles. The average Bonchev–Trinajstić information content (AvgIpc) is 2.76. The first kappa shape index (κ1) is 10.6. The standard InChI is InChI=1S/C13H16N2O2/c1-8-12(9(2)17-14-8)13(16)15-10-4-3-5-11(15)7-6-10/h3-4,10-11H,5-7H2,1-2H3. The van der Waals surface area contributed by atoms with Crippen LogP contribution in [0.15, 0.2) is 16.7 Å². The Hall–Kier alpha value is -1.58. The van der Waals surface area contributed by atoms with E-state index in [1.54, 1.807) is 6.92 Å². The highest BCUT2D eigenvalue weighted by Gasteiger charge is 2.39. The second-order valence-electron chi connectivity index (χ2n) is 4.87. The third-order valence-corrected chi connectivity index (χ3v) is 3.79. The first-order chi connectivity index (χ1) is 8.18. The van der Waals surface area contributed by atoms with Crippen LogP contribution in [0.5, 0.6) is 0 Å². The highest BCUT2D eigenvalue weighted by molar-refractivity contribution is 5.97. The molecule has 3 heterocycles. The zero-order chi connectivity index (χ0) is 12.0. The summed E-state index contributed by atoms with van der Waals surface area (Å²) in [7, 11) is 0. The summed E-state index contributed by atoms with van der Waals surface area (Å²) in [4.78, 5) is 14.6. The monoisotopic (exact) mass is 232 g/mol. The Balaban J connectivity index is 1.96. The van der Waals surface area contributed by atoms with Gasteiger partial charge in [-0.2, -0.15) is 0 Å². The molecule has 1 aromatic rings. The van der Waals surface area contributed by atoms with Gasteiger partial charge in [0.05, 0.1) is 11.7 Å². The minimum absolute atomic E-state index is 0.0816. The van der Waals surface area contributed by atoms with Crippen LogP contribution in [0.2, 0.25) is 0 Å². The van der Waals surface area contributed by atoms with Crippen molar-refractivity contribution in [2.45, 2.75) is 45.2 Å². The Morgan fingerprint density at radius 2 is 2.29 bits per heavy atom. The molecule has 0 aromatic carbocycles. The van der Waals surface area contributed by atoms with Gasteiger partial charge in [0.1, 0.15) is 11.3 Å². The number of nitrogens with zero attached hydrogens (tertiary/aromatic N) is 2. The number of hydrogen-bond donors (Lipinski definition) is 0. The predicted octanol–water partition coefficient (Wildman–Crippen LogP) is 2.22. The molecule has 3 rings (SSSR count). The molecule has 2 unspecified atom stereocenters. The topological polar surface area (TPSA) is 46.3 Å². The van der Waals surface area contributed by atoms with Crippen LogP contribution in [0.4, 0.5) is 0 Å². The van der Waals surface area contributed by atoms with Gasteiger partial charge >= 0.3 is 0 Å². The Morgan fingerprint density at radius 1 is 1.47 bits per heavy atom. The van der Waals surface area contributed by atoms with Gasteiger partial charge in [-0.15, -0.1) is 0 Å². The number of aryl methyl sites for hydroxylation is 2. The van der Waals surface area contributed by atoms with Crippen molar-refractivity contribution >= 4 is 5.91 Å². The van der Waals surface area contributed by atoms with Crippen LogP contribution in [0.3, 0.4) is 0 Å². The number of carbonyl (C=O) groups is 1. The molecule has 90 valence electrons. The zero-order valence-corrected chi connectivity index (χ0v) is 10.1. The maximum Gasteiger partial charge on any atom is 0.260 e. The lowest BCUT2D eigenvalue weighted by molar-refractivity contribution is 0.0686. The molecule has 0 N–H and O–H groups in total. The first-order valence-corrected chi connectivity index (χ1v) is 6.10. The number of aromatic nitrogens is 1. The lowest BCUT2D eigenvalue weighted by Crippen LogP contribution is -2.42. The van der Waals surface area contributed by atoms with Crippen LogP contribution in [0, 0.1) is 13.8 Å². The molecular weight excluding hydrogens is 216 g/mol. The summed E-state index contributed by atoms with van der Waals surface area (Å²) in [6, 6.07) is 0.640. The Labute approximate surface area is 100 Å². The number of carbonyl (C=O) groups excluding carboxylic acids is 1. The summed E-state index contributed by atoms with van der Waals surface area (Å²) in [5, 5.41) is 3.86. The fourth-order valence-corrected chi connectivity index (χ4v) is 2.96. The van der Waals surface area contributed by atoms with Crippen LogP contribution >= 0.6 is 0 Å². The quantitative estimate of drug-likeness (QED) is 0.697. The van der Waals surface area contributed by atoms with Gasteiger partial charge in [0.2, 0.25) is 0 Å². The summed E-state index contributed by atoms with van der Waals surface area (Å²) < 4.78 is 5.08. The summed E-state index contributed by atoms with van der Waals surface area (Å²) in [5.41, 5.74) is 1.35. The van der Waals surface area contributed by atoms with E-state index >= 15 is 0 Å². The minimum Gasteiger partial charge on any atom is -0.361 e. The fourth-order valence-electron chi connectivity index (χ4n) is 2.96. The molecule has 4 nitrogen and oxygen atoms in total. The van der Waals surface area contributed by atoms with Gasteiger partial charge in [-0.05, 0) is 33.1 Å².